The number of carbonyl (C=O) groups excluding carboxylic acids is 1. The minimum absolute atomic E-state index is 0.0513. The Bertz CT molecular complexity index is 945. The van der Waals surface area contributed by atoms with Gasteiger partial charge in [0.1, 0.15) is 5.82 Å². The number of aryl methyl sites for hydroxylation is 2. The lowest BCUT2D eigenvalue weighted by Gasteiger charge is -2.08. The van der Waals surface area contributed by atoms with Crippen LogP contribution >= 0.6 is 23.1 Å². The van der Waals surface area contributed by atoms with Crippen LogP contribution in [0, 0.1) is 13.8 Å². The number of thiazole rings is 1. The topological polar surface area (TPSA) is 72.7 Å². The molecule has 0 aliphatic heterocycles. The summed E-state index contributed by atoms with van der Waals surface area (Å²) < 4.78 is 2.14. The number of hydrogen-bond acceptors (Lipinski definition) is 6. The molecular weight excluding hydrogens is 366 g/mol. The second-order valence-corrected chi connectivity index (χ2v) is 8.31. The predicted molar refractivity (Wildman–Crippen MR) is 105 cm³/mol. The van der Waals surface area contributed by atoms with Crippen molar-refractivity contribution >= 4 is 34.7 Å². The Hall–Kier alpha value is -2.19. The van der Waals surface area contributed by atoms with Crippen molar-refractivity contribution in [3.05, 3.63) is 40.5 Å². The van der Waals surface area contributed by atoms with Crippen LogP contribution in [0.25, 0.3) is 11.3 Å². The van der Waals surface area contributed by atoms with E-state index in [1.807, 2.05) is 43.5 Å². The van der Waals surface area contributed by atoms with Crippen molar-refractivity contribution in [3.63, 3.8) is 0 Å². The molecule has 3 aromatic rings. The maximum absolute atomic E-state index is 12.3. The summed E-state index contributed by atoms with van der Waals surface area (Å²) in [5.74, 6) is 1.18. The molecule has 1 fully saturated rings. The van der Waals surface area contributed by atoms with Crippen LogP contribution in [-0.2, 0) is 4.79 Å². The van der Waals surface area contributed by atoms with Gasteiger partial charge in [0.05, 0.1) is 16.5 Å². The van der Waals surface area contributed by atoms with Gasteiger partial charge in [0.15, 0.2) is 5.16 Å². The van der Waals surface area contributed by atoms with E-state index in [1.54, 1.807) is 11.3 Å². The quantitative estimate of drug-likeness (QED) is 0.647. The van der Waals surface area contributed by atoms with Gasteiger partial charge < -0.3 is 9.88 Å². The highest BCUT2D eigenvalue weighted by molar-refractivity contribution is 7.99. The fourth-order valence-corrected chi connectivity index (χ4v) is 4.25. The summed E-state index contributed by atoms with van der Waals surface area (Å²) in [5, 5.41) is 15.2. The lowest BCUT2D eigenvalue weighted by molar-refractivity contribution is -0.113. The van der Waals surface area contributed by atoms with Gasteiger partial charge in [0, 0.05) is 22.7 Å². The highest BCUT2D eigenvalue weighted by atomic mass is 32.2. The number of carbonyl (C=O) groups is 1. The Morgan fingerprint density at radius 2 is 2.19 bits per heavy atom. The number of nitrogens with zero attached hydrogens (tertiary/aromatic N) is 4. The minimum atomic E-state index is -0.0513. The van der Waals surface area contributed by atoms with Gasteiger partial charge in [0.25, 0.3) is 0 Å². The van der Waals surface area contributed by atoms with Crippen LogP contribution in [0.1, 0.15) is 29.7 Å². The molecule has 0 spiro atoms. The molecule has 0 atom stereocenters. The summed E-state index contributed by atoms with van der Waals surface area (Å²) in [6, 6.07) is 8.28. The van der Waals surface area contributed by atoms with E-state index >= 15 is 0 Å². The Morgan fingerprint density at radius 3 is 2.92 bits per heavy atom. The molecule has 1 N–H and O–H groups in total. The van der Waals surface area contributed by atoms with Gasteiger partial charge in [-0.3, -0.25) is 4.79 Å². The van der Waals surface area contributed by atoms with Gasteiger partial charge in [0.2, 0.25) is 5.91 Å². The number of rotatable bonds is 6. The average molecular weight is 386 g/mol. The van der Waals surface area contributed by atoms with E-state index in [1.165, 1.54) is 24.6 Å². The van der Waals surface area contributed by atoms with Crippen LogP contribution < -0.4 is 5.32 Å². The number of anilines is 1. The third kappa shape index (κ3) is 3.81. The Morgan fingerprint density at radius 1 is 1.35 bits per heavy atom. The number of nitrogens with one attached hydrogen (secondary N) is 1. The summed E-state index contributed by atoms with van der Waals surface area (Å²) in [6.45, 7) is 3.94. The summed E-state index contributed by atoms with van der Waals surface area (Å²) >= 11 is 3.05. The van der Waals surface area contributed by atoms with Gasteiger partial charge in [-0.25, -0.2) is 4.98 Å². The molecule has 2 heterocycles. The first-order chi connectivity index (χ1) is 12.6. The molecule has 1 aliphatic carbocycles. The number of thioether (sulfide) groups is 1. The van der Waals surface area contributed by atoms with E-state index in [0.717, 1.165) is 32.9 Å². The zero-order chi connectivity index (χ0) is 18.1. The van der Waals surface area contributed by atoms with Crippen molar-refractivity contribution in [1.82, 2.24) is 19.7 Å². The Kier molecular flexibility index (Phi) is 4.78. The van der Waals surface area contributed by atoms with Crippen LogP contribution in [0.3, 0.4) is 0 Å². The molecule has 1 saturated carbocycles. The second kappa shape index (κ2) is 7.20. The van der Waals surface area contributed by atoms with Gasteiger partial charge in [-0.05, 0) is 38.8 Å². The van der Waals surface area contributed by atoms with E-state index in [-0.39, 0.29) is 5.91 Å². The highest BCUT2D eigenvalue weighted by Gasteiger charge is 2.28. The lowest BCUT2D eigenvalue weighted by Crippen LogP contribution is -2.14. The molecule has 26 heavy (non-hydrogen) atoms. The molecule has 0 unspecified atom stereocenters. The van der Waals surface area contributed by atoms with Gasteiger partial charge in [-0.2, -0.15) is 0 Å². The molecule has 1 aromatic carbocycles. The SMILES string of the molecule is Cc1nc(-c2cccc(NC(=O)CSc3nnc(C)n3C3CC3)c2)cs1. The van der Waals surface area contributed by atoms with Crippen molar-refractivity contribution in [2.24, 2.45) is 0 Å². The molecule has 134 valence electrons. The standard InChI is InChI=1S/C18H19N5OS2/c1-11-21-22-18(23(11)15-6-7-15)26-10-17(24)20-14-5-3-4-13(8-14)16-9-25-12(2)19-16/h3-5,8-9,15H,6-7,10H2,1-2H3,(H,20,24). The fourth-order valence-electron chi connectivity index (χ4n) is 2.78. The molecule has 4 rings (SSSR count). The average Bonchev–Trinajstić information content (AvgIpc) is 3.25. The van der Waals surface area contributed by atoms with Crippen LogP contribution in [0.4, 0.5) is 5.69 Å². The normalized spacial score (nSPS) is 13.8. The van der Waals surface area contributed by atoms with Crippen molar-refractivity contribution in [2.45, 2.75) is 37.9 Å². The number of hydrogen-bond donors (Lipinski definition) is 1. The zero-order valence-corrected chi connectivity index (χ0v) is 16.2. The maximum Gasteiger partial charge on any atom is 0.234 e. The molecule has 0 radical (unpaired) electrons. The monoisotopic (exact) mass is 385 g/mol. The van der Waals surface area contributed by atoms with E-state index < -0.39 is 0 Å². The lowest BCUT2D eigenvalue weighted by atomic mass is 10.1. The van der Waals surface area contributed by atoms with Crippen LogP contribution in [0.2, 0.25) is 0 Å². The van der Waals surface area contributed by atoms with Crippen molar-refractivity contribution in [1.29, 1.82) is 0 Å². The van der Waals surface area contributed by atoms with E-state index in [9.17, 15) is 4.79 Å². The Labute approximate surface area is 160 Å². The van der Waals surface area contributed by atoms with Crippen LogP contribution in [0.15, 0.2) is 34.8 Å². The predicted octanol–water partition coefficient (Wildman–Crippen LogP) is 4.08. The molecule has 8 heteroatoms. The molecule has 0 bridgehead atoms. The Balaban J connectivity index is 1.39. The highest BCUT2D eigenvalue weighted by Crippen LogP contribution is 2.38. The molecule has 1 aliphatic rings. The van der Waals surface area contributed by atoms with E-state index in [0.29, 0.717) is 11.8 Å². The molecule has 0 saturated heterocycles. The van der Waals surface area contributed by atoms with Gasteiger partial charge >= 0.3 is 0 Å². The first-order valence-corrected chi connectivity index (χ1v) is 10.3. The fraction of sp³-hybridized carbons (Fsp3) is 0.333. The summed E-state index contributed by atoms with van der Waals surface area (Å²) in [4.78, 5) is 16.8. The van der Waals surface area contributed by atoms with Crippen LogP contribution in [0.5, 0.6) is 0 Å². The zero-order valence-electron chi connectivity index (χ0n) is 14.6. The third-order valence-electron chi connectivity index (χ3n) is 4.14. The van der Waals surface area contributed by atoms with Crippen molar-refractivity contribution in [2.75, 3.05) is 11.1 Å². The minimum Gasteiger partial charge on any atom is -0.325 e. The van der Waals surface area contributed by atoms with Gasteiger partial charge in [-0.1, -0.05) is 23.9 Å². The van der Waals surface area contributed by atoms with Gasteiger partial charge in [-0.15, -0.1) is 21.5 Å². The van der Waals surface area contributed by atoms with Crippen LogP contribution in [-0.4, -0.2) is 31.4 Å². The maximum atomic E-state index is 12.3. The first kappa shape index (κ1) is 17.2. The van der Waals surface area contributed by atoms with Crippen molar-refractivity contribution in [3.8, 4) is 11.3 Å². The number of benzene rings is 1. The second-order valence-electron chi connectivity index (χ2n) is 6.30. The van der Waals surface area contributed by atoms with E-state index in [4.69, 9.17) is 0 Å². The van der Waals surface area contributed by atoms with E-state index in [2.05, 4.69) is 25.1 Å². The van der Waals surface area contributed by atoms with Crippen molar-refractivity contribution < 1.29 is 4.79 Å². The number of aromatic nitrogens is 4. The molecule has 2 aromatic heterocycles. The summed E-state index contributed by atoms with van der Waals surface area (Å²) in [5.41, 5.74) is 2.72. The number of amides is 1. The first-order valence-electron chi connectivity index (χ1n) is 8.47. The summed E-state index contributed by atoms with van der Waals surface area (Å²) in [7, 11) is 0. The smallest absolute Gasteiger partial charge is 0.234 e. The molecule has 1 amide bonds. The largest absolute Gasteiger partial charge is 0.325 e. The molecular formula is C18H19N5OS2. The summed E-state index contributed by atoms with van der Waals surface area (Å²) in [6.07, 6.45) is 2.34. The molecule has 6 nitrogen and oxygen atoms in total. The third-order valence-corrected chi connectivity index (χ3v) is 5.86.